The van der Waals surface area contributed by atoms with Gasteiger partial charge in [0, 0.05) is 31.5 Å². The van der Waals surface area contributed by atoms with Gasteiger partial charge in [0.15, 0.2) is 5.76 Å². The lowest BCUT2D eigenvalue weighted by molar-refractivity contribution is 0.390. The van der Waals surface area contributed by atoms with Crippen LogP contribution in [0.25, 0.3) is 0 Å². The van der Waals surface area contributed by atoms with Crippen LogP contribution in [0, 0.1) is 13.8 Å². The van der Waals surface area contributed by atoms with Crippen molar-refractivity contribution in [2.75, 3.05) is 18.0 Å². The van der Waals surface area contributed by atoms with Crippen LogP contribution >= 0.6 is 0 Å². The average Bonchev–Trinajstić information content (AvgIpc) is 2.88. The van der Waals surface area contributed by atoms with Gasteiger partial charge in [0.2, 0.25) is 16.0 Å². The summed E-state index contributed by atoms with van der Waals surface area (Å²) < 4.78 is 32.9. The second-order valence-electron chi connectivity index (χ2n) is 5.61. The fraction of sp³-hybridized carbons (Fsp3) is 0.500. The normalized spacial score (nSPS) is 19.0. The Hall–Kier alpha value is -2.00. The molecule has 8 nitrogen and oxygen atoms in total. The van der Waals surface area contributed by atoms with Crippen molar-refractivity contribution in [1.82, 2.24) is 19.8 Å². The van der Waals surface area contributed by atoms with E-state index >= 15 is 0 Å². The Balaban J connectivity index is 1.75. The van der Waals surface area contributed by atoms with E-state index in [0.29, 0.717) is 23.9 Å². The Labute approximate surface area is 135 Å². The number of aromatic nitrogens is 3. The van der Waals surface area contributed by atoms with Gasteiger partial charge in [-0.05, 0) is 32.8 Å². The van der Waals surface area contributed by atoms with E-state index in [4.69, 9.17) is 4.52 Å². The van der Waals surface area contributed by atoms with Gasteiger partial charge in [0.25, 0.3) is 0 Å². The fourth-order valence-electron chi connectivity index (χ4n) is 2.85. The fourth-order valence-corrected chi connectivity index (χ4v) is 4.44. The Morgan fingerprint density at radius 3 is 2.70 bits per heavy atom. The van der Waals surface area contributed by atoms with Gasteiger partial charge in [-0.2, -0.15) is 0 Å². The lowest BCUT2D eigenvalue weighted by atomic mass is 10.1. The van der Waals surface area contributed by atoms with E-state index in [2.05, 4.69) is 19.8 Å². The molecular weight excluding hydrogens is 318 g/mol. The molecule has 0 amide bonds. The van der Waals surface area contributed by atoms with Gasteiger partial charge < -0.3 is 9.42 Å². The van der Waals surface area contributed by atoms with Gasteiger partial charge >= 0.3 is 0 Å². The summed E-state index contributed by atoms with van der Waals surface area (Å²) in [6, 6.07) is 1.55. The maximum atomic E-state index is 12.6. The van der Waals surface area contributed by atoms with Crippen LogP contribution in [0.1, 0.15) is 24.3 Å². The molecule has 0 spiro atoms. The van der Waals surface area contributed by atoms with Crippen LogP contribution in [0.5, 0.6) is 0 Å². The minimum atomic E-state index is -3.66. The predicted octanol–water partition coefficient (Wildman–Crippen LogP) is 1.03. The second-order valence-corrected chi connectivity index (χ2v) is 7.26. The molecule has 9 heteroatoms. The van der Waals surface area contributed by atoms with E-state index in [-0.39, 0.29) is 10.9 Å². The predicted molar refractivity (Wildman–Crippen MR) is 83.6 cm³/mol. The van der Waals surface area contributed by atoms with Gasteiger partial charge in [0.1, 0.15) is 10.6 Å². The van der Waals surface area contributed by atoms with E-state index in [1.54, 1.807) is 32.3 Å². The molecule has 0 saturated carbocycles. The first-order valence-electron chi connectivity index (χ1n) is 7.44. The summed E-state index contributed by atoms with van der Waals surface area (Å²) in [4.78, 5) is 10.6. The molecule has 1 fully saturated rings. The molecule has 1 N–H and O–H groups in total. The summed E-state index contributed by atoms with van der Waals surface area (Å²) in [5.74, 6) is 0.919. The SMILES string of the molecule is Cc1noc(C)c1S(=O)(=O)NC1CCCN(c2ncccn2)C1. The minimum Gasteiger partial charge on any atom is -0.360 e. The van der Waals surface area contributed by atoms with E-state index in [1.807, 2.05) is 4.90 Å². The van der Waals surface area contributed by atoms with Crippen molar-refractivity contribution in [3.05, 3.63) is 29.9 Å². The molecule has 0 aliphatic carbocycles. The molecule has 23 heavy (non-hydrogen) atoms. The largest absolute Gasteiger partial charge is 0.360 e. The summed E-state index contributed by atoms with van der Waals surface area (Å²) in [5.41, 5.74) is 0.369. The highest BCUT2D eigenvalue weighted by Crippen LogP contribution is 2.21. The van der Waals surface area contributed by atoms with Crippen molar-refractivity contribution >= 4 is 16.0 Å². The molecule has 0 aromatic carbocycles. The third-order valence-corrected chi connectivity index (χ3v) is 5.58. The Kier molecular flexibility index (Phi) is 4.31. The van der Waals surface area contributed by atoms with Crippen LogP contribution in [0.15, 0.2) is 27.9 Å². The highest BCUT2D eigenvalue weighted by atomic mass is 32.2. The first-order chi connectivity index (χ1) is 11.0. The molecular formula is C14H19N5O3S. The van der Waals surface area contributed by atoms with Crippen LogP contribution in [0.4, 0.5) is 5.95 Å². The van der Waals surface area contributed by atoms with Crippen molar-refractivity contribution in [2.24, 2.45) is 0 Å². The summed E-state index contributed by atoms with van der Waals surface area (Å²) in [6.07, 6.45) is 5.00. The van der Waals surface area contributed by atoms with Gasteiger partial charge in [-0.15, -0.1) is 0 Å². The number of nitrogens with one attached hydrogen (secondary N) is 1. The third kappa shape index (κ3) is 3.35. The molecule has 1 atom stereocenters. The van der Waals surface area contributed by atoms with Crippen LogP contribution in [0.3, 0.4) is 0 Å². The number of hydrogen-bond donors (Lipinski definition) is 1. The molecule has 3 rings (SSSR count). The molecule has 2 aromatic rings. The Bertz CT molecular complexity index is 755. The monoisotopic (exact) mass is 337 g/mol. The van der Waals surface area contributed by atoms with Crippen LogP contribution in [-0.2, 0) is 10.0 Å². The molecule has 124 valence electrons. The Morgan fingerprint density at radius 1 is 1.30 bits per heavy atom. The first kappa shape index (κ1) is 15.9. The number of nitrogens with zero attached hydrogens (tertiary/aromatic N) is 4. The van der Waals surface area contributed by atoms with Gasteiger partial charge in [-0.1, -0.05) is 5.16 Å². The highest BCUT2D eigenvalue weighted by Gasteiger charge is 2.30. The highest BCUT2D eigenvalue weighted by molar-refractivity contribution is 7.89. The zero-order chi connectivity index (χ0) is 16.4. The quantitative estimate of drug-likeness (QED) is 0.889. The van der Waals surface area contributed by atoms with Crippen LogP contribution in [-0.4, -0.2) is 42.7 Å². The van der Waals surface area contributed by atoms with Gasteiger partial charge in [0.05, 0.1) is 0 Å². The van der Waals surface area contributed by atoms with E-state index in [9.17, 15) is 8.42 Å². The average molecular weight is 337 g/mol. The summed E-state index contributed by atoms with van der Waals surface area (Å²) in [7, 11) is -3.66. The topological polar surface area (TPSA) is 101 Å². The van der Waals surface area contributed by atoms with E-state index < -0.39 is 10.0 Å². The second kappa shape index (κ2) is 6.25. The maximum absolute atomic E-state index is 12.6. The number of anilines is 1. The molecule has 1 saturated heterocycles. The Morgan fingerprint density at radius 2 is 2.04 bits per heavy atom. The molecule has 2 aromatic heterocycles. The number of hydrogen-bond acceptors (Lipinski definition) is 7. The minimum absolute atomic E-state index is 0.130. The molecule has 1 aliphatic heterocycles. The van der Waals surface area contributed by atoms with Crippen molar-refractivity contribution < 1.29 is 12.9 Å². The van der Waals surface area contributed by atoms with E-state index in [0.717, 1.165) is 19.4 Å². The summed E-state index contributed by atoms with van der Waals surface area (Å²) in [6.45, 7) is 4.57. The van der Waals surface area contributed by atoms with Crippen LogP contribution in [0.2, 0.25) is 0 Å². The smallest absolute Gasteiger partial charge is 0.246 e. The van der Waals surface area contributed by atoms with Crippen molar-refractivity contribution in [1.29, 1.82) is 0 Å². The summed E-state index contributed by atoms with van der Waals surface area (Å²) in [5, 5.41) is 3.71. The molecule has 1 unspecified atom stereocenters. The van der Waals surface area contributed by atoms with E-state index in [1.165, 1.54) is 0 Å². The van der Waals surface area contributed by atoms with Gasteiger partial charge in [-0.25, -0.2) is 23.1 Å². The van der Waals surface area contributed by atoms with Gasteiger partial charge in [-0.3, -0.25) is 0 Å². The molecule has 0 radical (unpaired) electrons. The van der Waals surface area contributed by atoms with Crippen molar-refractivity contribution in [2.45, 2.75) is 37.6 Å². The number of rotatable bonds is 4. The van der Waals surface area contributed by atoms with Crippen molar-refractivity contribution in [3.63, 3.8) is 0 Å². The lowest BCUT2D eigenvalue weighted by Crippen LogP contribution is -2.48. The molecule has 0 bridgehead atoms. The number of sulfonamides is 1. The molecule has 3 heterocycles. The maximum Gasteiger partial charge on any atom is 0.246 e. The molecule has 1 aliphatic rings. The van der Waals surface area contributed by atoms with Crippen molar-refractivity contribution in [3.8, 4) is 0 Å². The van der Waals surface area contributed by atoms with Crippen LogP contribution < -0.4 is 9.62 Å². The zero-order valence-electron chi connectivity index (χ0n) is 13.1. The first-order valence-corrected chi connectivity index (χ1v) is 8.93. The zero-order valence-corrected chi connectivity index (χ0v) is 13.9. The standard InChI is InChI=1S/C14H19N5O3S/c1-10-13(11(2)22-17-10)23(20,21)18-12-5-3-8-19(9-12)14-15-6-4-7-16-14/h4,6-7,12,18H,3,5,8-9H2,1-2H3. The number of aryl methyl sites for hydroxylation is 2. The third-order valence-electron chi connectivity index (χ3n) is 3.81. The summed E-state index contributed by atoms with van der Waals surface area (Å²) >= 11 is 0. The number of piperidine rings is 1. The lowest BCUT2D eigenvalue weighted by Gasteiger charge is -2.32.